The quantitative estimate of drug-likeness (QED) is 0.717. The van der Waals surface area contributed by atoms with Crippen molar-refractivity contribution >= 4 is 5.91 Å². The maximum Gasteiger partial charge on any atom is 0.217 e. The SMILES string of the molecule is Cc1ccccc1COCCCCC(N)=O. The molecule has 1 aromatic rings. The van der Waals surface area contributed by atoms with Gasteiger partial charge in [-0.25, -0.2) is 0 Å². The fraction of sp³-hybridized carbons (Fsp3) is 0.462. The zero-order chi connectivity index (χ0) is 11.8. The number of unbranched alkanes of at least 4 members (excludes halogenated alkanes) is 1. The smallest absolute Gasteiger partial charge is 0.217 e. The fourth-order valence-corrected chi connectivity index (χ4v) is 1.46. The van der Waals surface area contributed by atoms with Crippen LogP contribution in [0.5, 0.6) is 0 Å². The van der Waals surface area contributed by atoms with Gasteiger partial charge in [0.2, 0.25) is 5.91 Å². The molecule has 16 heavy (non-hydrogen) atoms. The summed E-state index contributed by atoms with van der Waals surface area (Å²) >= 11 is 0. The number of carbonyl (C=O) groups excluding carboxylic acids is 1. The molecule has 3 nitrogen and oxygen atoms in total. The van der Waals surface area contributed by atoms with Gasteiger partial charge in [0.15, 0.2) is 0 Å². The van der Waals surface area contributed by atoms with Crippen molar-refractivity contribution in [2.75, 3.05) is 6.61 Å². The number of benzene rings is 1. The van der Waals surface area contributed by atoms with Gasteiger partial charge in [-0.1, -0.05) is 24.3 Å². The van der Waals surface area contributed by atoms with Crippen LogP contribution in [0.1, 0.15) is 30.4 Å². The first kappa shape index (κ1) is 12.7. The summed E-state index contributed by atoms with van der Waals surface area (Å²) in [4.78, 5) is 10.5. The molecule has 0 aliphatic heterocycles. The zero-order valence-corrected chi connectivity index (χ0v) is 9.74. The van der Waals surface area contributed by atoms with Crippen molar-refractivity contribution < 1.29 is 9.53 Å². The largest absolute Gasteiger partial charge is 0.377 e. The summed E-state index contributed by atoms with van der Waals surface area (Å²) in [6, 6.07) is 8.18. The first-order valence-electron chi connectivity index (χ1n) is 5.60. The van der Waals surface area contributed by atoms with E-state index < -0.39 is 0 Å². The molecule has 0 radical (unpaired) electrons. The minimum absolute atomic E-state index is 0.237. The number of rotatable bonds is 7. The molecule has 0 heterocycles. The minimum atomic E-state index is -0.237. The van der Waals surface area contributed by atoms with E-state index in [0.29, 0.717) is 19.6 Å². The van der Waals surface area contributed by atoms with E-state index in [0.717, 1.165) is 12.8 Å². The van der Waals surface area contributed by atoms with Gasteiger partial charge in [-0.15, -0.1) is 0 Å². The Morgan fingerprint density at radius 2 is 2.06 bits per heavy atom. The summed E-state index contributed by atoms with van der Waals surface area (Å²) in [5, 5.41) is 0. The van der Waals surface area contributed by atoms with Crippen LogP contribution < -0.4 is 5.73 Å². The Bertz CT molecular complexity index is 336. The molecule has 0 saturated carbocycles. The highest BCUT2D eigenvalue weighted by atomic mass is 16.5. The molecule has 1 aromatic carbocycles. The Morgan fingerprint density at radius 1 is 1.31 bits per heavy atom. The predicted molar refractivity (Wildman–Crippen MR) is 63.9 cm³/mol. The second kappa shape index (κ2) is 7.01. The van der Waals surface area contributed by atoms with Crippen LogP contribution in [0.15, 0.2) is 24.3 Å². The number of amides is 1. The molecule has 0 atom stereocenters. The number of carbonyl (C=O) groups is 1. The van der Waals surface area contributed by atoms with Gasteiger partial charge in [0.25, 0.3) is 0 Å². The first-order chi connectivity index (χ1) is 7.70. The Balaban J connectivity index is 2.12. The van der Waals surface area contributed by atoms with Crippen LogP contribution in [0.4, 0.5) is 0 Å². The van der Waals surface area contributed by atoms with E-state index in [9.17, 15) is 4.79 Å². The molecule has 3 heteroatoms. The van der Waals surface area contributed by atoms with E-state index >= 15 is 0 Å². The van der Waals surface area contributed by atoms with E-state index in [2.05, 4.69) is 19.1 Å². The number of ether oxygens (including phenoxy) is 1. The predicted octanol–water partition coefficient (Wildman–Crippen LogP) is 2.17. The van der Waals surface area contributed by atoms with Crippen molar-refractivity contribution in [2.24, 2.45) is 5.73 Å². The molecule has 2 N–H and O–H groups in total. The van der Waals surface area contributed by atoms with Gasteiger partial charge in [-0.05, 0) is 30.9 Å². The number of hydrogen-bond acceptors (Lipinski definition) is 2. The number of nitrogens with two attached hydrogens (primary N) is 1. The van der Waals surface area contributed by atoms with Crippen LogP contribution in [-0.2, 0) is 16.1 Å². The third-order valence-corrected chi connectivity index (χ3v) is 2.48. The lowest BCUT2D eigenvalue weighted by Crippen LogP contribution is -2.10. The fourth-order valence-electron chi connectivity index (χ4n) is 1.46. The number of hydrogen-bond donors (Lipinski definition) is 1. The van der Waals surface area contributed by atoms with Crippen LogP contribution in [0, 0.1) is 6.92 Å². The first-order valence-corrected chi connectivity index (χ1v) is 5.60. The average molecular weight is 221 g/mol. The lowest BCUT2D eigenvalue weighted by Gasteiger charge is -2.06. The molecule has 1 rings (SSSR count). The topological polar surface area (TPSA) is 52.3 Å². The lowest BCUT2D eigenvalue weighted by molar-refractivity contribution is -0.118. The number of aryl methyl sites for hydroxylation is 1. The van der Waals surface area contributed by atoms with Crippen molar-refractivity contribution in [1.82, 2.24) is 0 Å². The van der Waals surface area contributed by atoms with Gasteiger partial charge < -0.3 is 10.5 Å². The van der Waals surface area contributed by atoms with Gasteiger partial charge in [0, 0.05) is 13.0 Å². The van der Waals surface area contributed by atoms with Crippen molar-refractivity contribution in [3.63, 3.8) is 0 Å². The van der Waals surface area contributed by atoms with Crippen LogP contribution in [0.3, 0.4) is 0 Å². The molecular weight excluding hydrogens is 202 g/mol. The Morgan fingerprint density at radius 3 is 2.75 bits per heavy atom. The second-order valence-corrected chi connectivity index (χ2v) is 3.90. The van der Waals surface area contributed by atoms with Gasteiger partial charge >= 0.3 is 0 Å². The average Bonchev–Trinajstić information content (AvgIpc) is 2.25. The summed E-state index contributed by atoms with van der Waals surface area (Å²) in [6.07, 6.45) is 2.14. The molecule has 1 amide bonds. The molecular formula is C13H19NO2. The highest BCUT2D eigenvalue weighted by Gasteiger charge is 1.97. The zero-order valence-electron chi connectivity index (χ0n) is 9.74. The van der Waals surface area contributed by atoms with Crippen LogP contribution in [0.2, 0.25) is 0 Å². The maximum atomic E-state index is 10.5. The van der Waals surface area contributed by atoms with Crippen LogP contribution in [-0.4, -0.2) is 12.5 Å². The van der Waals surface area contributed by atoms with Crippen molar-refractivity contribution in [3.8, 4) is 0 Å². The highest BCUT2D eigenvalue weighted by Crippen LogP contribution is 2.08. The summed E-state index contributed by atoms with van der Waals surface area (Å²) in [6.45, 7) is 3.40. The van der Waals surface area contributed by atoms with Crippen molar-refractivity contribution in [3.05, 3.63) is 35.4 Å². The van der Waals surface area contributed by atoms with Gasteiger partial charge in [-0.3, -0.25) is 4.79 Å². The molecule has 0 aliphatic rings. The van der Waals surface area contributed by atoms with Crippen LogP contribution in [0.25, 0.3) is 0 Å². The summed E-state index contributed by atoms with van der Waals surface area (Å²) in [7, 11) is 0. The molecule has 0 fully saturated rings. The molecule has 0 spiro atoms. The minimum Gasteiger partial charge on any atom is -0.377 e. The molecule has 0 aliphatic carbocycles. The summed E-state index contributed by atoms with van der Waals surface area (Å²) < 4.78 is 5.53. The summed E-state index contributed by atoms with van der Waals surface area (Å²) in [5.41, 5.74) is 7.51. The van der Waals surface area contributed by atoms with Crippen molar-refractivity contribution in [2.45, 2.75) is 32.8 Å². The molecule has 0 bridgehead atoms. The van der Waals surface area contributed by atoms with E-state index in [1.54, 1.807) is 0 Å². The van der Waals surface area contributed by atoms with Gasteiger partial charge in [0.1, 0.15) is 0 Å². The molecule has 88 valence electrons. The number of primary amides is 1. The van der Waals surface area contributed by atoms with E-state index in [4.69, 9.17) is 10.5 Å². The van der Waals surface area contributed by atoms with E-state index in [1.807, 2.05) is 12.1 Å². The molecule has 0 unspecified atom stereocenters. The summed E-state index contributed by atoms with van der Waals surface area (Å²) in [5.74, 6) is -0.237. The van der Waals surface area contributed by atoms with Crippen LogP contribution >= 0.6 is 0 Å². The van der Waals surface area contributed by atoms with Gasteiger partial charge in [0.05, 0.1) is 6.61 Å². The lowest BCUT2D eigenvalue weighted by atomic mass is 10.1. The van der Waals surface area contributed by atoms with E-state index in [1.165, 1.54) is 11.1 Å². The Hall–Kier alpha value is -1.35. The van der Waals surface area contributed by atoms with Crippen molar-refractivity contribution in [1.29, 1.82) is 0 Å². The molecule has 0 aromatic heterocycles. The Labute approximate surface area is 96.6 Å². The molecule has 0 saturated heterocycles. The highest BCUT2D eigenvalue weighted by molar-refractivity contribution is 5.73. The van der Waals surface area contributed by atoms with Gasteiger partial charge in [-0.2, -0.15) is 0 Å². The maximum absolute atomic E-state index is 10.5. The normalized spacial score (nSPS) is 10.3. The monoisotopic (exact) mass is 221 g/mol. The Kier molecular flexibility index (Phi) is 5.57. The second-order valence-electron chi connectivity index (χ2n) is 3.90. The standard InChI is InChI=1S/C13H19NO2/c1-11-6-2-3-7-12(11)10-16-9-5-4-8-13(14)15/h2-3,6-7H,4-5,8-10H2,1H3,(H2,14,15). The van der Waals surface area contributed by atoms with E-state index in [-0.39, 0.29) is 5.91 Å². The third kappa shape index (κ3) is 4.94. The third-order valence-electron chi connectivity index (χ3n) is 2.48.